The molecule has 17 heavy (non-hydrogen) atoms. The van der Waals surface area contributed by atoms with E-state index < -0.39 is 0 Å². The lowest BCUT2D eigenvalue weighted by molar-refractivity contribution is -0.133. The second kappa shape index (κ2) is 6.78. The summed E-state index contributed by atoms with van der Waals surface area (Å²) in [5.74, 6) is 0.561. The summed E-state index contributed by atoms with van der Waals surface area (Å²) in [5.41, 5.74) is 6.28. The summed E-state index contributed by atoms with van der Waals surface area (Å²) in [6.45, 7) is 5.53. The number of hydrogen-bond acceptors (Lipinski definition) is 3. The molecular weight excluding hydrogens is 216 g/mol. The summed E-state index contributed by atoms with van der Waals surface area (Å²) >= 11 is 0. The van der Waals surface area contributed by atoms with Gasteiger partial charge in [-0.05, 0) is 25.5 Å². The van der Waals surface area contributed by atoms with Gasteiger partial charge >= 0.3 is 0 Å². The summed E-state index contributed by atoms with van der Waals surface area (Å²) in [7, 11) is 0. The predicted octanol–water partition coefficient (Wildman–Crippen LogP) is 1.91. The van der Waals surface area contributed by atoms with Crippen molar-refractivity contribution in [3.63, 3.8) is 0 Å². The molecule has 0 aliphatic carbocycles. The van der Waals surface area contributed by atoms with Crippen molar-refractivity contribution >= 4 is 11.6 Å². The van der Waals surface area contributed by atoms with Gasteiger partial charge in [-0.15, -0.1) is 0 Å². The van der Waals surface area contributed by atoms with E-state index in [9.17, 15) is 4.79 Å². The van der Waals surface area contributed by atoms with Crippen LogP contribution in [-0.2, 0) is 4.79 Å². The van der Waals surface area contributed by atoms with Gasteiger partial charge in [0.1, 0.15) is 5.75 Å². The van der Waals surface area contributed by atoms with Gasteiger partial charge in [-0.3, -0.25) is 4.79 Å². The van der Waals surface area contributed by atoms with Crippen LogP contribution in [0.15, 0.2) is 24.3 Å². The van der Waals surface area contributed by atoms with Crippen LogP contribution in [0.25, 0.3) is 0 Å². The normalized spacial score (nSPS) is 10.0. The first-order valence-electron chi connectivity index (χ1n) is 5.94. The molecule has 0 heterocycles. The van der Waals surface area contributed by atoms with Crippen LogP contribution in [0.3, 0.4) is 0 Å². The molecule has 94 valence electrons. The number of carbonyl (C=O) groups excluding carboxylic acids is 1. The molecule has 0 aliphatic heterocycles. The summed E-state index contributed by atoms with van der Waals surface area (Å²) in [4.78, 5) is 13.6. The molecule has 2 N–H and O–H groups in total. The van der Waals surface area contributed by atoms with Crippen LogP contribution in [0.5, 0.6) is 5.75 Å². The van der Waals surface area contributed by atoms with E-state index in [1.54, 1.807) is 17.0 Å². The fourth-order valence-electron chi connectivity index (χ4n) is 1.57. The highest BCUT2D eigenvalue weighted by Crippen LogP contribution is 2.19. The molecule has 0 aromatic heterocycles. The molecule has 0 bridgehead atoms. The topological polar surface area (TPSA) is 55.6 Å². The number of likely N-dealkylation sites (N-methyl/N-ethyl adjacent to an activating group) is 1. The minimum Gasteiger partial charge on any atom is -0.482 e. The van der Waals surface area contributed by atoms with Crippen molar-refractivity contribution < 1.29 is 9.53 Å². The Morgan fingerprint density at radius 2 is 2.06 bits per heavy atom. The fourth-order valence-corrected chi connectivity index (χ4v) is 1.57. The number of benzene rings is 1. The summed E-state index contributed by atoms with van der Waals surface area (Å²) in [6.07, 6.45) is 0.951. The number of ether oxygens (including phenoxy) is 1. The highest BCUT2D eigenvalue weighted by atomic mass is 16.5. The summed E-state index contributed by atoms with van der Waals surface area (Å²) in [5, 5.41) is 0. The van der Waals surface area contributed by atoms with Crippen LogP contribution in [0.2, 0.25) is 0 Å². The maximum atomic E-state index is 11.8. The third kappa shape index (κ3) is 3.98. The first kappa shape index (κ1) is 13.4. The molecule has 1 rings (SSSR count). The van der Waals surface area contributed by atoms with Gasteiger partial charge in [0.05, 0.1) is 5.69 Å². The second-order valence-electron chi connectivity index (χ2n) is 3.80. The number of carbonyl (C=O) groups is 1. The van der Waals surface area contributed by atoms with Gasteiger partial charge < -0.3 is 15.4 Å². The molecule has 1 aromatic carbocycles. The van der Waals surface area contributed by atoms with Crippen LogP contribution in [0.4, 0.5) is 5.69 Å². The van der Waals surface area contributed by atoms with Crippen LogP contribution >= 0.6 is 0 Å². The monoisotopic (exact) mass is 236 g/mol. The largest absolute Gasteiger partial charge is 0.482 e. The molecule has 1 aromatic rings. The van der Waals surface area contributed by atoms with Crippen molar-refractivity contribution in [3.8, 4) is 5.75 Å². The average molecular weight is 236 g/mol. The quantitative estimate of drug-likeness (QED) is 0.767. The molecule has 4 nitrogen and oxygen atoms in total. The minimum absolute atomic E-state index is 0.00222. The first-order chi connectivity index (χ1) is 8.19. The molecule has 0 aliphatic rings. The fraction of sp³-hybridized carbons (Fsp3) is 0.462. The Labute approximate surface area is 102 Å². The zero-order valence-electron chi connectivity index (χ0n) is 10.5. The van der Waals surface area contributed by atoms with E-state index in [0.717, 1.165) is 13.0 Å². The Bertz CT molecular complexity index is 366. The van der Waals surface area contributed by atoms with Gasteiger partial charge in [-0.2, -0.15) is 0 Å². The number of para-hydroxylation sites is 2. The Hall–Kier alpha value is -1.71. The molecule has 1 amide bonds. The number of nitrogens with two attached hydrogens (primary N) is 1. The van der Waals surface area contributed by atoms with E-state index in [2.05, 4.69) is 0 Å². The molecule has 0 unspecified atom stereocenters. The highest BCUT2D eigenvalue weighted by Gasteiger charge is 2.11. The first-order valence-corrected chi connectivity index (χ1v) is 5.94. The lowest BCUT2D eigenvalue weighted by Crippen LogP contribution is -2.35. The molecule has 0 atom stereocenters. The van der Waals surface area contributed by atoms with Crippen LogP contribution in [-0.4, -0.2) is 30.5 Å². The molecule has 0 saturated carbocycles. The van der Waals surface area contributed by atoms with E-state index in [4.69, 9.17) is 10.5 Å². The standard InChI is InChI=1S/C13H20N2O2/c1-3-9-15(4-2)13(16)10-17-12-8-6-5-7-11(12)14/h5-8H,3-4,9-10,14H2,1-2H3. The van der Waals surface area contributed by atoms with E-state index in [1.165, 1.54) is 0 Å². The van der Waals surface area contributed by atoms with E-state index >= 15 is 0 Å². The molecular formula is C13H20N2O2. The lowest BCUT2D eigenvalue weighted by atomic mass is 10.3. The van der Waals surface area contributed by atoms with Gasteiger partial charge in [0.15, 0.2) is 6.61 Å². The molecule has 0 radical (unpaired) electrons. The SMILES string of the molecule is CCCN(CC)C(=O)COc1ccccc1N. The summed E-state index contributed by atoms with van der Waals surface area (Å²) in [6, 6.07) is 7.18. The lowest BCUT2D eigenvalue weighted by Gasteiger charge is -2.20. The Kier molecular flexibility index (Phi) is 5.33. The van der Waals surface area contributed by atoms with Crippen molar-refractivity contribution in [3.05, 3.63) is 24.3 Å². The minimum atomic E-state index is -0.00222. The van der Waals surface area contributed by atoms with Gasteiger partial charge in [0.2, 0.25) is 0 Å². The summed E-state index contributed by atoms with van der Waals surface area (Å²) < 4.78 is 5.41. The number of hydrogen-bond donors (Lipinski definition) is 1. The average Bonchev–Trinajstić information content (AvgIpc) is 2.34. The van der Waals surface area contributed by atoms with Gasteiger partial charge in [0, 0.05) is 13.1 Å². The zero-order chi connectivity index (χ0) is 12.7. The third-order valence-corrected chi connectivity index (χ3v) is 2.50. The van der Waals surface area contributed by atoms with Crippen LogP contribution in [0, 0.1) is 0 Å². The molecule has 0 fully saturated rings. The predicted molar refractivity (Wildman–Crippen MR) is 68.9 cm³/mol. The number of amides is 1. The second-order valence-corrected chi connectivity index (χ2v) is 3.80. The van der Waals surface area contributed by atoms with Gasteiger partial charge in [-0.25, -0.2) is 0 Å². The van der Waals surface area contributed by atoms with Crippen molar-refractivity contribution in [2.24, 2.45) is 0 Å². The Morgan fingerprint density at radius 1 is 1.35 bits per heavy atom. The Morgan fingerprint density at radius 3 is 2.65 bits per heavy atom. The maximum Gasteiger partial charge on any atom is 0.260 e. The number of rotatable bonds is 6. The van der Waals surface area contributed by atoms with E-state index in [0.29, 0.717) is 18.0 Å². The Balaban J connectivity index is 2.50. The maximum absolute atomic E-state index is 11.8. The highest BCUT2D eigenvalue weighted by molar-refractivity contribution is 5.78. The van der Waals surface area contributed by atoms with Crippen molar-refractivity contribution in [2.75, 3.05) is 25.4 Å². The van der Waals surface area contributed by atoms with Crippen LogP contribution in [0.1, 0.15) is 20.3 Å². The third-order valence-electron chi connectivity index (χ3n) is 2.50. The number of anilines is 1. The van der Waals surface area contributed by atoms with Gasteiger partial charge in [0.25, 0.3) is 5.91 Å². The van der Waals surface area contributed by atoms with Gasteiger partial charge in [-0.1, -0.05) is 19.1 Å². The van der Waals surface area contributed by atoms with Crippen molar-refractivity contribution in [1.29, 1.82) is 0 Å². The molecule has 0 saturated heterocycles. The number of nitrogen functional groups attached to an aromatic ring is 1. The number of nitrogens with zero attached hydrogens (tertiary/aromatic N) is 1. The van der Waals surface area contributed by atoms with E-state index in [1.807, 2.05) is 26.0 Å². The smallest absolute Gasteiger partial charge is 0.260 e. The van der Waals surface area contributed by atoms with Crippen molar-refractivity contribution in [2.45, 2.75) is 20.3 Å². The van der Waals surface area contributed by atoms with Crippen molar-refractivity contribution in [1.82, 2.24) is 4.90 Å². The van der Waals surface area contributed by atoms with Crippen LogP contribution < -0.4 is 10.5 Å². The zero-order valence-corrected chi connectivity index (χ0v) is 10.5. The molecule has 0 spiro atoms. The van der Waals surface area contributed by atoms with E-state index in [-0.39, 0.29) is 12.5 Å². The molecule has 4 heteroatoms.